The number of carboxylic acids is 2. The summed E-state index contributed by atoms with van der Waals surface area (Å²) in [4.78, 5) is 38.5. The molecule has 248 valence electrons. The normalized spacial score (nSPS) is 10.1. The standard InChI is InChI=1S/2C17H13ClN4O2.Li.H2O/c2*18-14-8-21-15(22-17(19)20)13-7-10(4-5-12(13)14)9-2-1-3-11(6-9)16(23)24;;/h2*1-8H,(H,23,24)(H4,19,20,21,22);;1H2/q;;+1;/p-1. The van der Waals surface area contributed by atoms with E-state index in [-0.39, 0.29) is 47.4 Å². The minimum absolute atomic E-state index is 0. The second-order valence-electron chi connectivity index (χ2n) is 10.2. The van der Waals surface area contributed by atoms with Crippen LogP contribution >= 0.6 is 23.2 Å². The fourth-order valence-corrected chi connectivity index (χ4v) is 5.26. The van der Waals surface area contributed by atoms with Gasteiger partial charge in [-0.3, -0.25) is 0 Å². The molecule has 0 fully saturated rings. The number of carbonyl (C=O) groups excluding carboxylic acids is 1. The minimum Gasteiger partial charge on any atom is -0.545 e. The van der Waals surface area contributed by atoms with Crippen molar-refractivity contribution < 1.29 is 44.1 Å². The van der Waals surface area contributed by atoms with Crippen LogP contribution < -0.4 is 46.9 Å². The Kier molecular flexibility index (Phi) is 12.9. The molecule has 0 bridgehead atoms. The number of nitrogens with two attached hydrogens (primary N) is 4. The number of aromatic carboxylic acids is 2. The van der Waals surface area contributed by atoms with Gasteiger partial charge in [0.1, 0.15) is 0 Å². The van der Waals surface area contributed by atoms with E-state index in [4.69, 9.17) is 51.2 Å². The van der Waals surface area contributed by atoms with Crippen LogP contribution in [0.4, 0.5) is 11.6 Å². The molecule has 50 heavy (non-hydrogen) atoms. The monoisotopic (exact) mass is 704 g/mol. The third-order valence-corrected chi connectivity index (χ3v) is 7.58. The first kappa shape index (κ1) is 38.8. The topological polar surface area (TPSA) is 264 Å². The van der Waals surface area contributed by atoms with Crippen LogP contribution in [0.25, 0.3) is 43.8 Å². The molecule has 0 aliphatic heterocycles. The number of hydrogen-bond acceptors (Lipinski definition) is 7. The predicted octanol–water partition coefficient (Wildman–Crippen LogP) is 1.16. The Balaban J connectivity index is 0.000000260. The summed E-state index contributed by atoms with van der Waals surface area (Å²) in [5.74, 6) is -1.75. The molecule has 0 spiro atoms. The molecule has 0 atom stereocenters. The number of aliphatic imine (C=N–C) groups is 2. The molecule has 0 saturated heterocycles. The predicted molar refractivity (Wildman–Crippen MR) is 190 cm³/mol. The van der Waals surface area contributed by atoms with E-state index in [1.54, 1.807) is 24.3 Å². The summed E-state index contributed by atoms with van der Waals surface area (Å²) in [5, 5.41) is 23.9. The number of benzene rings is 4. The first-order chi connectivity index (χ1) is 22.9. The summed E-state index contributed by atoms with van der Waals surface area (Å²) < 4.78 is 0. The number of rotatable bonds is 6. The zero-order chi connectivity index (χ0) is 34.5. The summed E-state index contributed by atoms with van der Waals surface area (Å²) in [6.07, 6.45) is 2.96. The summed E-state index contributed by atoms with van der Waals surface area (Å²) in [5.41, 5.74) is 25.1. The minimum atomic E-state index is -1.23. The Morgan fingerprint density at radius 3 is 1.42 bits per heavy atom. The Bertz CT molecular complexity index is 2130. The molecule has 11 N–H and O–H groups in total. The Morgan fingerprint density at radius 2 is 1.02 bits per heavy atom. The van der Waals surface area contributed by atoms with E-state index in [0.717, 1.165) is 27.5 Å². The number of hydrogen-bond donors (Lipinski definition) is 5. The maximum absolute atomic E-state index is 11.1. The molecule has 0 aliphatic carbocycles. The Morgan fingerprint density at radius 1 is 0.620 bits per heavy atom. The second-order valence-corrected chi connectivity index (χ2v) is 11.0. The molecular weight excluding hydrogens is 678 g/mol. The van der Waals surface area contributed by atoms with Gasteiger partial charge in [-0.2, -0.15) is 9.98 Å². The molecule has 4 aromatic carbocycles. The number of fused-ring (bicyclic) bond motifs is 2. The zero-order valence-corrected chi connectivity index (χ0v) is 27.8. The van der Waals surface area contributed by atoms with Crippen LogP contribution in [0.5, 0.6) is 0 Å². The van der Waals surface area contributed by atoms with Crippen molar-refractivity contribution in [3.63, 3.8) is 0 Å². The van der Waals surface area contributed by atoms with E-state index >= 15 is 0 Å². The summed E-state index contributed by atoms with van der Waals surface area (Å²) >= 11 is 12.4. The first-order valence-corrected chi connectivity index (χ1v) is 14.7. The van der Waals surface area contributed by atoms with Gasteiger partial charge >= 0.3 is 24.8 Å². The fraction of sp³-hybridized carbons (Fsp3) is 0. The van der Waals surface area contributed by atoms with Crippen LogP contribution in [0.3, 0.4) is 0 Å². The molecule has 0 saturated carbocycles. The van der Waals surface area contributed by atoms with Crippen molar-refractivity contribution in [3.8, 4) is 22.3 Å². The van der Waals surface area contributed by atoms with Gasteiger partial charge in [0.2, 0.25) is 0 Å². The zero-order valence-electron chi connectivity index (χ0n) is 26.3. The molecule has 13 nitrogen and oxygen atoms in total. The van der Waals surface area contributed by atoms with Gasteiger partial charge in [-0.1, -0.05) is 77.8 Å². The van der Waals surface area contributed by atoms with Crippen molar-refractivity contribution in [1.29, 1.82) is 0 Å². The van der Waals surface area contributed by atoms with Crippen LogP contribution in [-0.2, 0) is 0 Å². The molecule has 16 heteroatoms. The van der Waals surface area contributed by atoms with Gasteiger partial charge in [0.05, 0.1) is 21.6 Å². The molecule has 6 rings (SSSR count). The molecule has 6 aromatic rings. The van der Waals surface area contributed by atoms with Gasteiger partial charge in [0.25, 0.3) is 0 Å². The summed E-state index contributed by atoms with van der Waals surface area (Å²) in [7, 11) is 0. The molecule has 2 heterocycles. The van der Waals surface area contributed by atoms with Crippen LogP contribution in [0.2, 0.25) is 10.0 Å². The van der Waals surface area contributed by atoms with E-state index in [1.165, 1.54) is 30.6 Å². The number of pyridine rings is 2. The molecule has 2 aromatic heterocycles. The maximum Gasteiger partial charge on any atom is 1.00 e. The largest absolute Gasteiger partial charge is 1.00 e. The quantitative estimate of drug-likeness (QED) is 0.0938. The van der Waals surface area contributed by atoms with Gasteiger partial charge in [0, 0.05) is 33.9 Å². The van der Waals surface area contributed by atoms with Crippen molar-refractivity contribution >= 4 is 80.2 Å². The first-order valence-electron chi connectivity index (χ1n) is 13.9. The van der Waals surface area contributed by atoms with E-state index in [9.17, 15) is 14.7 Å². The van der Waals surface area contributed by atoms with Gasteiger partial charge in [-0.25, -0.2) is 14.8 Å². The summed E-state index contributed by atoms with van der Waals surface area (Å²) in [6.45, 7) is 0. The number of carboxylic acid groups (broad SMARTS) is 2. The average Bonchev–Trinajstić information content (AvgIpc) is 3.07. The molecule has 0 unspecified atom stereocenters. The molecule has 0 radical (unpaired) electrons. The summed E-state index contributed by atoms with van der Waals surface area (Å²) in [6, 6.07) is 24.1. The van der Waals surface area contributed by atoms with E-state index in [1.807, 2.05) is 42.5 Å². The molecule has 0 amide bonds. The average molecular weight is 705 g/mol. The van der Waals surface area contributed by atoms with E-state index in [0.29, 0.717) is 38.0 Å². The Labute approximate surface area is 306 Å². The van der Waals surface area contributed by atoms with E-state index in [2.05, 4.69) is 20.0 Å². The third-order valence-electron chi connectivity index (χ3n) is 6.98. The molecular formula is C34H27Cl2LiN8O5. The number of nitrogens with zero attached hydrogens (tertiary/aromatic N) is 4. The number of guanidine groups is 2. The SMILES string of the molecule is NC(N)=Nc1ncc(Cl)c2ccc(-c3cccc(C(=O)O)c3)cc12.NC(N)=Nc1ncc(Cl)c2ccc(-c3cccc(C(=O)[O-])c3)cc12.O.[Li+]. The van der Waals surface area contributed by atoms with Crippen molar-refractivity contribution in [2.75, 3.05) is 0 Å². The van der Waals surface area contributed by atoms with E-state index < -0.39 is 11.9 Å². The maximum atomic E-state index is 11.1. The van der Waals surface area contributed by atoms with Crippen molar-refractivity contribution in [2.45, 2.75) is 0 Å². The Hall–Kier alpha value is -5.68. The third kappa shape index (κ3) is 8.86. The van der Waals surface area contributed by atoms with Gasteiger partial charge in [-0.05, 0) is 58.1 Å². The second kappa shape index (κ2) is 16.6. The number of aromatic nitrogens is 2. The van der Waals surface area contributed by atoms with Crippen molar-refractivity contribution in [1.82, 2.24) is 9.97 Å². The van der Waals surface area contributed by atoms with Crippen LogP contribution in [-0.4, -0.2) is 44.4 Å². The van der Waals surface area contributed by atoms with Gasteiger partial charge in [0.15, 0.2) is 23.6 Å². The van der Waals surface area contributed by atoms with Gasteiger partial charge < -0.3 is 43.4 Å². The number of carbonyl (C=O) groups is 2. The van der Waals surface area contributed by atoms with Crippen molar-refractivity contribution in [2.24, 2.45) is 32.9 Å². The van der Waals surface area contributed by atoms with Crippen LogP contribution in [0, 0.1) is 0 Å². The van der Waals surface area contributed by atoms with Crippen LogP contribution in [0.15, 0.2) is 107 Å². The fourth-order valence-electron chi connectivity index (χ4n) is 4.83. The van der Waals surface area contributed by atoms with Crippen molar-refractivity contribution in [3.05, 3.63) is 118 Å². The number of halogens is 2. The van der Waals surface area contributed by atoms with Crippen LogP contribution in [0.1, 0.15) is 20.7 Å². The molecule has 0 aliphatic rings. The smallest absolute Gasteiger partial charge is 0.545 e. The van der Waals surface area contributed by atoms with Gasteiger partial charge in [-0.15, -0.1) is 0 Å².